The van der Waals surface area contributed by atoms with Crippen LogP contribution < -0.4 is 5.32 Å². The van der Waals surface area contributed by atoms with Crippen molar-refractivity contribution >= 4 is 11.8 Å². The summed E-state index contributed by atoms with van der Waals surface area (Å²) >= 11 is 0. The van der Waals surface area contributed by atoms with Crippen molar-refractivity contribution in [1.29, 1.82) is 0 Å². The van der Waals surface area contributed by atoms with Gasteiger partial charge in [0.15, 0.2) is 0 Å². The molecule has 1 fully saturated rings. The molecule has 3 heterocycles. The minimum absolute atomic E-state index is 0.0250. The van der Waals surface area contributed by atoms with Crippen LogP contribution in [-0.4, -0.2) is 51.0 Å². The first kappa shape index (κ1) is 19.8. The zero-order valence-electron chi connectivity index (χ0n) is 15.2. The van der Waals surface area contributed by atoms with Gasteiger partial charge in [0, 0.05) is 25.3 Å². The fourth-order valence-electron chi connectivity index (χ4n) is 3.21. The molecule has 3 rings (SSSR count). The van der Waals surface area contributed by atoms with Crippen LogP contribution in [0.15, 0.2) is 24.4 Å². The van der Waals surface area contributed by atoms with E-state index in [1.54, 1.807) is 11.0 Å². The smallest absolute Gasteiger partial charge is 0.349 e. The molecule has 0 aromatic carbocycles. The number of rotatable bonds is 3. The second-order valence-electron chi connectivity index (χ2n) is 6.69. The summed E-state index contributed by atoms with van der Waals surface area (Å²) in [5.41, 5.74) is -0.474. The van der Waals surface area contributed by atoms with Gasteiger partial charge in [0.05, 0.1) is 11.3 Å². The lowest BCUT2D eigenvalue weighted by molar-refractivity contribution is -0.141. The van der Waals surface area contributed by atoms with E-state index in [1.165, 1.54) is 13.1 Å². The van der Waals surface area contributed by atoms with Crippen molar-refractivity contribution in [3.8, 4) is 0 Å². The predicted octanol–water partition coefficient (Wildman–Crippen LogP) is 2.56. The van der Waals surface area contributed by atoms with Gasteiger partial charge in [-0.25, -0.2) is 4.98 Å². The van der Waals surface area contributed by atoms with Crippen LogP contribution in [0.3, 0.4) is 0 Å². The third-order valence-electron chi connectivity index (χ3n) is 4.70. The topological polar surface area (TPSA) is 91.0 Å². The van der Waals surface area contributed by atoms with Gasteiger partial charge in [-0.05, 0) is 44.4 Å². The molecule has 0 spiro atoms. The van der Waals surface area contributed by atoms with E-state index in [2.05, 4.69) is 20.5 Å². The maximum atomic E-state index is 12.7. The second-order valence-corrected chi connectivity index (χ2v) is 6.69. The van der Waals surface area contributed by atoms with E-state index < -0.39 is 17.8 Å². The molecule has 2 aromatic rings. The number of hydrogen-bond donors (Lipinski definition) is 2. The van der Waals surface area contributed by atoms with E-state index >= 15 is 0 Å². The summed E-state index contributed by atoms with van der Waals surface area (Å²) in [5, 5.41) is 9.27. The Morgan fingerprint density at radius 2 is 2.00 bits per heavy atom. The summed E-state index contributed by atoms with van der Waals surface area (Å²) < 4.78 is 38.2. The van der Waals surface area contributed by atoms with Crippen LogP contribution in [-0.2, 0) is 6.18 Å². The van der Waals surface area contributed by atoms with Crippen LogP contribution in [0.4, 0.5) is 13.2 Å². The molecule has 7 nitrogen and oxygen atoms in total. The summed E-state index contributed by atoms with van der Waals surface area (Å²) in [4.78, 5) is 30.1. The van der Waals surface area contributed by atoms with Crippen molar-refractivity contribution in [2.45, 2.75) is 38.4 Å². The highest BCUT2D eigenvalue weighted by Crippen LogP contribution is 2.28. The number of nitrogens with one attached hydrogen (secondary N) is 2. The van der Waals surface area contributed by atoms with E-state index in [4.69, 9.17) is 0 Å². The standard InChI is InChI=1S/C18H20F3N5O2/c1-11-13(4-5-15(23-11)18(19,20)21)16(27)24-12-3-2-9-26(10-7-12)17(28)14-6-8-22-25-14/h4-6,8,12H,2-3,7,9-10H2,1H3,(H,22,25)(H,24,27)/t12-/m0/s1. The molecule has 2 aromatic heterocycles. The quantitative estimate of drug-likeness (QED) is 0.836. The van der Waals surface area contributed by atoms with E-state index in [9.17, 15) is 22.8 Å². The monoisotopic (exact) mass is 395 g/mol. The first-order valence-corrected chi connectivity index (χ1v) is 8.90. The number of pyridine rings is 1. The molecule has 1 aliphatic heterocycles. The molecule has 0 radical (unpaired) electrons. The summed E-state index contributed by atoms with van der Waals surface area (Å²) in [6.45, 7) is 2.40. The Labute approximate surface area is 159 Å². The number of aromatic amines is 1. The maximum Gasteiger partial charge on any atom is 0.433 e. The Hall–Kier alpha value is -2.91. The lowest BCUT2D eigenvalue weighted by Gasteiger charge is -2.20. The minimum Gasteiger partial charge on any atom is -0.349 e. The van der Waals surface area contributed by atoms with Gasteiger partial charge in [-0.1, -0.05) is 0 Å². The fourth-order valence-corrected chi connectivity index (χ4v) is 3.21. The minimum atomic E-state index is -4.55. The summed E-state index contributed by atoms with van der Waals surface area (Å²) in [6.07, 6.45) is -1.11. The van der Waals surface area contributed by atoms with Crippen LogP contribution >= 0.6 is 0 Å². The number of likely N-dealkylation sites (tertiary alicyclic amines) is 1. The Kier molecular flexibility index (Phi) is 5.66. The predicted molar refractivity (Wildman–Crippen MR) is 93.6 cm³/mol. The summed E-state index contributed by atoms with van der Waals surface area (Å²) in [6, 6.07) is 3.38. The zero-order valence-corrected chi connectivity index (χ0v) is 15.2. The average molecular weight is 395 g/mol. The number of nitrogens with zero attached hydrogens (tertiary/aromatic N) is 3. The van der Waals surface area contributed by atoms with Crippen molar-refractivity contribution < 1.29 is 22.8 Å². The van der Waals surface area contributed by atoms with Crippen LogP contribution in [0.5, 0.6) is 0 Å². The SMILES string of the molecule is Cc1nc(C(F)(F)F)ccc1C(=O)N[C@H]1CCCN(C(=O)c2ccn[nH]2)CC1. The van der Waals surface area contributed by atoms with Crippen molar-refractivity contribution in [2.75, 3.05) is 13.1 Å². The molecule has 1 saturated heterocycles. The molecule has 0 aliphatic carbocycles. The van der Waals surface area contributed by atoms with Crippen molar-refractivity contribution in [2.24, 2.45) is 0 Å². The highest BCUT2D eigenvalue weighted by Gasteiger charge is 2.33. The maximum absolute atomic E-state index is 12.7. The van der Waals surface area contributed by atoms with E-state index in [1.807, 2.05) is 0 Å². The van der Waals surface area contributed by atoms with Gasteiger partial charge in [0.1, 0.15) is 11.4 Å². The van der Waals surface area contributed by atoms with Crippen LogP contribution in [0.2, 0.25) is 0 Å². The molecule has 150 valence electrons. The fraction of sp³-hybridized carbons (Fsp3) is 0.444. The molecule has 0 unspecified atom stereocenters. The Morgan fingerprint density at radius 1 is 1.21 bits per heavy atom. The summed E-state index contributed by atoms with van der Waals surface area (Å²) in [7, 11) is 0. The molecule has 2 amide bonds. The third-order valence-corrected chi connectivity index (χ3v) is 4.70. The van der Waals surface area contributed by atoms with Crippen LogP contribution in [0.1, 0.15) is 51.5 Å². The Bertz CT molecular complexity index is 851. The van der Waals surface area contributed by atoms with Gasteiger partial charge in [-0.15, -0.1) is 0 Å². The molecule has 1 atom stereocenters. The number of carbonyl (C=O) groups excluding carboxylic acids is 2. The normalized spacial score (nSPS) is 17.9. The molecular weight excluding hydrogens is 375 g/mol. The van der Waals surface area contributed by atoms with Gasteiger partial charge in [0.25, 0.3) is 11.8 Å². The van der Waals surface area contributed by atoms with Crippen molar-refractivity contribution in [3.05, 3.63) is 47.0 Å². The molecule has 0 saturated carbocycles. The molecule has 28 heavy (non-hydrogen) atoms. The Morgan fingerprint density at radius 3 is 2.64 bits per heavy atom. The molecule has 10 heteroatoms. The van der Waals surface area contributed by atoms with Gasteiger partial charge in [-0.3, -0.25) is 14.7 Å². The zero-order chi connectivity index (χ0) is 20.3. The van der Waals surface area contributed by atoms with Gasteiger partial charge in [-0.2, -0.15) is 18.3 Å². The molecule has 2 N–H and O–H groups in total. The van der Waals surface area contributed by atoms with Crippen LogP contribution in [0.25, 0.3) is 0 Å². The van der Waals surface area contributed by atoms with E-state index in [0.717, 1.165) is 12.1 Å². The summed E-state index contributed by atoms with van der Waals surface area (Å²) in [5.74, 6) is -0.607. The number of aromatic nitrogens is 3. The lowest BCUT2D eigenvalue weighted by Crippen LogP contribution is -2.37. The number of hydrogen-bond acceptors (Lipinski definition) is 4. The first-order chi connectivity index (χ1) is 13.3. The number of H-pyrrole nitrogens is 1. The van der Waals surface area contributed by atoms with Gasteiger partial charge >= 0.3 is 6.18 Å². The molecule has 1 aliphatic rings. The average Bonchev–Trinajstić information content (AvgIpc) is 3.07. The number of aryl methyl sites for hydroxylation is 1. The van der Waals surface area contributed by atoms with E-state index in [0.29, 0.717) is 38.0 Å². The van der Waals surface area contributed by atoms with Crippen molar-refractivity contribution in [1.82, 2.24) is 25.4 Å². The number of amides is 2. The number of carbonyl (C=O) groups is 2. The lowest BCUT2D eigenvalue weighted by atomic mass is 10.1. The Balaban J connectivity index is 1.61. The number of halogens is 3. The van der Waals surface area contributed by atoms with Crippen LogP contribution in [0, 0.1) is 6.92 Å². The highest BCUT2D eigenvalue weighted by atomic mass is 19.4. The third kappa shape index (κ3) is 4.49. The molecule has 0 bridgehead atoms. The highest BCUT2D eigenvalue weighted by molar-refractivity contribution is 5.95. The largest absolute Gasteiger partial charge is 0.433 e. The van der Waals surface area contributed by atoms with Gasteiger partial charge in [0.2, 0.25) is 0 Å². The number of alkyl halides is 3. The van der Waals surface area contributed by atoms with Crippen molar-refractivity contribution in [3.63, 3.8) is 0 Å². The van der Waals surface area contributed by atoms with E-state index in [-0.39, 0.29) is 23.2 Å². The molecular formula is C18H20F3N5O2. The second kappa shape index (κ2) is 7.99. The first-order valence-electron chi connectivity index (χ1n) is 8.90. The van der Waals surface area contributed by atoms with Gasteiger partial charge < -0.3 is 10.2 Å².